The molecule has 0 saturated heterocycles. The first-order chi connectivity index (χ1) is 5.92. The van der Waals surface area contributed by atoms with Crippen molar-refractivity contribution < 1.29 is 0 Å². The molecule has 0 aromatic heterocycles. The maximum atomic E-state index is 2.38. The molecule has 0 nitrogen and oxygen atoms in total. The molecule has 1 aliphatic rings. The zero-order valence-electron chi connectivity index (χ0n) is 9.65. The molecule has 0 spiro atoms. The van der Waals surface area contributed by atoms with Gasteiger partial charge in [0.05, 0.1) is 0 Å². The minimum Gasteiger partial charge on any atom is -0.0804 e. The monoisotopic (exact) mass is 178 g/mol. The van der Waals surface area contributed by atoms with Gasteiger partial charge in [-0.2, -0.15) is 0 Å². The van der Waals surface area contributed by atoms with Gasteiger partial charge in [-0.25, -0.2) is 0 Å². The van der Waals surface area contributed by atoms with Crippen LogP contribution in [0.3, 0.4) is 0 Å². The van der Waals surface area contributed by atoms with Gasteiger partial charge in [0, 0.05) is 0 Å². The van der Waals surface area contributed by atoms with Crippen LogP contribution in [-0.2, 0) is 0 Å². The topological polar surface area (TPSA) is 0 Å². The van der Waals surface area contributed by atoms with Crippen molar-refractivity contribution in [3.8, 4) is 0 Å². The van der Waals surface area contributed by atoms with Crippen molar-refractivity contribution in [2.24, 2.45) is 10.8 Å². The van der Waals surface area contributed by atoms with Crippen LogP contribution in [0.2, 0.25) is 0 Å². The summed E-state index contributed by atoms with van der Waals surface area (Å²) in [6.45, 7) is 11.7. The minimum atomic E-state index is 0.333. The van der Waals surface area contributed by atoms with E-state index in [0.717, 1.165) is 6.42 Å². The highest BCUT2D eigenvalue weighted by molar-refractivity contribution is 5.33. The van der Waals surface area contributed by atoms with Crippen LogP contribution in [0.4, 0.5) is 0 Å². The average molecular weight is 178 g/mol. The molecular formula is C13H22. The van der Waals surface area contributed by atoms with Gasteiger partial charge in [-0.05, 0) is 29.2 Å². The van der Waals surface area contributed by atoms with Crippen molar-refractivity contribution in [3.05, 3.63) is 23.8 Å². The zero-order chi connectivity index (χ0) is 10.1. The molecule has 1 aliphatic carbocycles. The van der Waals surface area contributed by atoms with Crippen LogP contribution in [-0.4, -0.2) is 0 Å². The quantitative estimate of drug-likeness (QED) is 0.590. The second kappa shape index (κ2) is 3.32. The first kappa shape index (κ1) is 10.6. The van der Waals surface area contributed by atoms with Gasteiger partial charge >= 0.3 is 0 Å². The highest BCUT2D eigenvalue weighted by Crippen LogP contribution is 2.48. The van der Waals surface area contributed by atoms with Crippen molar-refractivity contribution in [3.63, 3.8) is 0 Å². The molecule has 1 atom stereocenters. The highest BCUT2D eigenvalue weighted by atomic mass is 14.4. The maximum absolute atomic E-state index is 2.38. The van der Waals surface area contributed by atoms with Crippen LogP contribution in [0.5, 0.6) is 0 Å². The second-order valence-corrected chi connectivity index (χ2v) is 5.23. The third kappa shape index (κ3) is 1.72. The summed E-state index contributed by atoms with van der Waals surface area (Å²) in [5.74, 6) is 0. The number of hydrogen-bond donors (Lipinski definition) is 0. The van der Waals surface area contributed by atoms with Crippen LogP contribution in [0.1, 0.15) is 47.5 Å². The van der Waals surface area contributed by atoms with E-state index in [1.54, 1.807) is 0 Å². The Labute approximate surface area is 82.7 Å². The maximum Gasteiger partial charge on any atom is -0.00326 e. The normalized spacial score (nSPS) is 21.5. The van der Waals surface area contributed by atoms with Gasteiger partial charge in [0.25, 0.3) is 0 Å². The van der Waals surface area contributed by atoms with Crippen LogP contribution in [0.15, 0.2) is 23.8 Å². The third-order valence-corrected chi connectivity index (χ3v) is 3.77. The SMILES string of the molecule is CCC(C)(C1=CCC=C1)C(C)(C)C. The molecule has 0 radical (unpaired) electrons. The number of rotatable bonds is 2. The molecule has 74 valence electrons. The van der Waals surface area contributed by atoms with E-state index >= 15 is 0 Å². The fourth-order valence-corrected chi connectivity index (χ4v) is 2.03. The molecule has 1 rings (SSSR count). The summed E-state index contributed by atoms with van der Waals surface area (Å²) in [5.41, 5.74) is 2.21. The van der Waals surface area contributed by atoms with Gasteiger partial charge in [-0.15, -0.1) is 0 Å². The Morgan fingerprint density at radius 2 is 1.85 bits per heavy atom. The molecule has 0 aromatic rings. The molecule has 0 amide bonds. The van der Waals surface area contributed by atoms with E-state index in [1.165, 1.54) is 12.0 Å². The fourth-order valence-electron chi connectivity index (χ4n) is 2.03. The lowest BCUT2D eigenvalue weighted by Gasteiger charge is -2.42. The Balaban J connectivity index is 3.00. The van der Waals surface area contributed by atoms with Crippen molar-refractivity contribution in [1.29, 1.82) is 0 Å². The molecule has 0 N–H and O–H groups in total. The lowest BCUT2D eigenvalue weighted by molar-refractivity contribution is 0.152. The van der Waals surface area contributed by atoms with Gasteiger partial charge in [0.2, 0.25) is 0 Å². The summed E-state index contributed by atoms with van der Waals surface area (Å²) in [7, 11) is 0. The van der Waals surface area contributed by atoms with Gasteiger partial charge in [-0.1, -0.05) is 52.8 Å². The summed E-state index contributed by atoms with van der Waals surface area (Å²) in [4.78, 5) is 0. The Hall–Kier alpha value is -0.520. The molecule has 0 aromatic carbocycles. The molecule has 0 aliphatic heterocycles. The van der Waals surface area contributed by atoms with Crippen molar-refractivity contribution in [2.45, 2.75) is 47.5 Å². The van der Waals surface area contributed by atoms with Crippen LogP contribution in [0.25, 0.3) is 0 Å². The smallest absolute Gasteiger partial charge is 0.00326 e. The molecular weight excluding hydrogens is 156 g/mol. The molecule has 0 heterocycles. The fraction of sp³-hybridized carbons (Fsp3) is 0.692. The van der Waals surface area contributed by atoms with E-state index in [2.05, 4.69) is 52.8 Å². The second-order valence-electron chi connectivity index (χ2n) is 5.23. The summed E-state index contributed by atoms with van der Waals surface area (Å²) in [6.07, 6.45) is 9.27. The Morgan fingerprint density at radius 1 is 1.23 bits per heavy atom. The van der Waals surface area contributed by atoms with E-state index in [9.17, 15) is 0 Å². The van der Waals surface area contributed by atoms with E-state index in [0.29, 0.717) is 10.8 Å². The average Bonchev–Trinajstić information content (AvgIpc) is 2.52. The largest absolute Gasteiger partial charge is 0.0804 e. The highest BCUT2D eigenvalue weighted by Gasteiger charge is 2.38. The molecule has 0 bridgehead atoms. The predicted molar refractivity (Wildman–Crippen MR) is 59.7 cm³/mol. The van der Waals surface area contributed by atoms with Gasteiger partial charge < -0.3 is 0 Å². The number of allylic oxidation sites excluding steroid dienone is 4. The van der Waals surface area contributed by atoms with Crippen molar-refractivity contribution >= 4 is 0 Å². The van der Waals surface area contributed by atoms with E-state index < -0.39 is 0 Å². The lowest BCUT2D eigenvalue weighted by Crippen LogP contribution is -2.33. The van der Waals surface area contributed by atoms with Gasteiger partial charge in [0.15, 0.2) is 0 Å². The van der Waals surface area contributed by atoms with Gasteiger partial charge in [0.1, 0.15) is 0 Å². The first-order valence-electron chi connectivity index (χ1n) is 5.29. The molecule has 0 saturated carbocycles. The summed E-state index contributed by atoms with van der Waals surface area (Å²) < 4.78 is 0. The molecule has 1 unspecified atom stereocenters. The number of hydrogen-bond acceptors (Lipinski definition) is 0. The lowest BCUT2D eigenvalue weighted by atomic mass is 9.62. The van der Waals surface area contributed by atoms with Crippen molar-refractivity contribution in [2.75, 3.05) is 0 Å². The summed E-state index contributed by atoms with van der Waals surface area (Å²) in [6, 6.07) is 0. The van der Waals surface area contributed by atoms with Crippen molar-refractivity contribution in [1.82, 2.24) is 0 Å². The van der Waals surface area contributed by atoms with Crippen LogP contribution >= 0.6 is 0 Å². The Morgan fingerprint density at radius 3 is 2.15 bits per heavy atom. The Kier molecular flexibility index (Phi) is 2.70. The molecule has 13 heavy (non-hydrogen) atoms. The van der Waals surface area contributed by atoms with E-state index in [1.807, 2.05) is 0 Å². The standard InChI is InChI=1S/C13H22/c1-6-13(5,12(2,3)4)11-9-7-8-10-11/h7,9-10H,6,8H2,1-5H3. The molecule has 0 heteroatoms. The van der Waals surface area contributed by atoms with Crippen LogP contribution < -0.4 is 0 Å². The Bertz CT molecular complexity index is 237. The van der Waals surface area contributed by atoms with Gasteiger partial charge in [-0.3, -0.25) is 0 Å². The van der Waals surface area contributed by atoms with E-state index in [4.69, 9.17) is 0 Å². The summed E-state index contributed by atoms with van der Waals surface area (Å²) >= 11 is 0. The first-order valence-corrected chi connectivity index (χ1v) is 5.29. The summed E-state index contributed by atoms with van der Waals surface area (Å²) in [5, 5.41) is 0. The van der Waals surface area contributed by atoms with E-state index in [-0.39, 0.29) is 0 Å². The predicted octanol–water partition coefficient (Wildman–Crippen LogP) is 4.34. The van der Waals surface area contributed by atoms with Crippen LogP contribution in [0, 0.1) is 10.8 Å². The zero-order valence-corrected chi connectivity index (χ0v) is 9.65. The minimum absolute atomic E-state index is 0.333. The third-order valence-electron chi connectivity index (χ3n) is 3.77. The molecule has 0 fully saturated rings.